The molecule has 1 saturated heterocycles. The molecule has 5 heteroatoms. The van der Waals surface area contributed by atoms with Crippen molar-refractivity contribution in [2.45, 2.75) is 25.9 Å². The number of aromatic nitrogens is 1. The highest BCUT2D eigenvalue weighted by Crippen LogP contribution is 2.11. The molecular weight excluding hydrogens is 212 g/mol. The van der Waals surface area contributed by atoms with Crippen molar-refractivity contribution in [2.75, 3.05) is 13.1 Å². The third-order valence-electron chi connectivity index (χ3n) is 2.44. The molecule has 1 aliphatic heterocycles. The van der Waals surface area contributed by atoms with Crippen LogP contribution in [0.4, 0.5) is 4.79 Å². The predicted molar refractivity (Wildman–Crippen MR) is 57.7 cm³/mol. The summed E-state index contributed by atoms with van der Waals surface area (Å²) in [5.41, 5.74) is 2.56. The van der Waals surface area contributed by atoms with Gasteiger partial charge in [-0.3, -0.25) is 0 Å². The third kappa shape index (κ3) is 2.92. The summed E-state index contributed by atoms with van der Waals surface area (Å²) in [6.07, 6.45) is 3.19. The zero-order valence-corrected chi connectivity index (χ0v) is 9.33. The number of hydrogen-bond acceptors (Lipinski definition) is 4. The number of piperidine rings is 1. The largest absolute Gasteiger partial charge is 0.443 e. The highest BCUT2D eigenvalue weighted by atomic mass is 32.1. The SMILES string of the molecule is O=C(OCc1cscn1)N1CCCCC1. The molecule has 1 amide bonds. The average Bonchev–Trinajstić information content (AvgIpc) is 2.80. The van der Waals surface area contributed by atoms with Crippen LogP contribution in [0.15, 0.2) is 10.9 Å². The first-order valence-electron chi connectivity index (χ1n) is 5.15. The van der Waals surface area contributed by atoms with Crippen molar-refractivity contribution >= 4 is 17.4 Å². The first kappa shape index (κ1) is 10.4. The van der Waals surface area contributed by atoms with Crippen molar-refractivity contribution in [3.63, 3.8) is 0 Å². The Morgan fingerprint density at radius 3 is 2.93 bits per heavy atom. The molecule has 15 heavy (non-hydrogen) atoms. The van der Waals surface area contributed by atoms with Gasteiger partial charge in [-0.25, -0.2) is 9.78 Å². The van der Waals surface area contributed by atoms with Gasteiger partial charge in [0, 0.05) is 18.5 Å². The molecule has 0 unspecified atom stereocenters. The van der Waals surface area contributed by atoms with Crippen molar-refractivity contribution in [3.8, 4) is 0 Å². The summed E-state index contributed by atoms with van der Waals surface area (Å²) >= 11 is 1.51. The van der Waals surface area contributed by atoms with Crippen molar-refractivity contribution in [3.05, 3.63) is 16.6 Å². The van der Waals surface area contributed by atoms with Gasteiger partial charge in [-0.2, -0.15) is 0 Å². The number of nitrogens with zero attached hydrogens (tertiary/aromatic N) is 2. The van der Waals surface area contributed by atoms with E-state index in [2.05, 4.69) is 4.98 Å². The number of likely N-dealkylation sites (tertiary alicyclic amines) is 1. The molecule has 4 nitrogen and oxygen atoms in total. The van der Waals surface area contributed by atoms with Crippen LogP contribution in [0.2, 0.25) is 0 Å². The standard InChI is InChI=1S/C10H14N2O2S/c13-10(12-4-2-1-3-5-12)14-6-9-7-15-8-11-9/h7-8H,1-6H2. The molecule has 1 aromatic heterocycles. The smallest absolute Gasteiger partial charge is 0.410 e. The van der Waals surface area contributed by atoms with Gasteiger partial charge in [0.2, 0.25) is 0 Å². The van der Waals surface area contributed by atoms with Crippen molar-refractivity contribution < 1.29 is 9.53 Å². The third-order valence-corrected chi connectivity index (χ3v) is 3.08. The van der Waals surface area contributed by atoms with Crippen LogP contribution in [-0.2, 0) is 11.3 Å². The molecule has 0 radical (unpaired) electrons. The van der Waals surface area contributed by atoms with Gasteiger partial charge in [-0.05, 0) is 19.3 Å². The van der Waals surface area contributed by atoms with Crippen LogP contribution in [0, 0.1) is 0 Å². The fourth-order valence-electron chi connectivity index (χ4n) is 1.61. The highest BCUT2D eigenvalue weighted by Gasteiger charge is 2.17. The second-order valence-corrected chi connectivity index (χ2v) is 4.30. The maximum atomic E-state index is 11.6. The van der Waals surface area contributed by atoms with Crippen LogP contribution >= 0.6 is 11.3 Å². The lowest BCUT2D eigenvalue weighted by atomic mass is 10.1. The molecule has 0 aromatic carbocycles. The molecule has 1 aliphatic rings. The van der Waals surface area contributed by atoms with Crippen LogP contribution in [0.1, 0.15) is 25.0 Å². The normalized spacial score (nSPS) is 16.4. The molecule has 0 spiro atoms. The first-order chi connectivity index (χ1) is 7.36. The van der Waals surface area contributed by atoms with E-state index in [1.165, 1.54) is 17.8 Å². The van der Waals surface area contributed by atoms with Gasteiger partial charge >= 0.3 is 6.09 Å². The summed E-state index contributed by atoms with van der Waals surface area (Å²) in [6.45, 7) is 1.95. The zero-order valence-electron chi connectivity index (χ0n) is 8.52. The molecule has 2 heterocycles. The maximum Gasteiger partial charge on any atom is 0.410 e. The van der Waals surface area contributed by atoms with Crippen LogP contribution in [0.3, 0.4) is 0 Å². The summed E-state index contributed by atoms with van der Waals surface area (Å²) < 4.78 is 5.16. The molecule has 0 aliphatic carbocycles. The van der Waals surface area contributed by atoms with Gasteiger partial charge in [0.25, 0.3) is 0 Å². The zero-order chi connectivity index (χ0) is 10.5. The Kier molecular flexibility index (Phi) is 3.55. The Hall–Kier alpha value is -1.10. The van der Waals surface area contributed by atoms with Gasteiger partial charge in [0.05, 0.1) is 11.2 Å². The number of amides is 1. The Bertz CT molecular complexity index is 307. The highest BCUT2D eigenvalue weighted by molar-refractivity contribution is 7.07. The summed E-state index contributed by atoms with van der Waals surface area (Å²) in [5, 5.41) is 1.89. The van der Waals surface area contributed by atoms with Gasteiger partial charge < -0.3 is 9.64 Å². The molecule has 0 atom stereocenters. The van der Waals surface area contributed by atoms with E-state index in [1.54, 1.807) is 10.4 Å². The predicted octanol–water partition coefficient (Wildman–Crippen LogP) is 2.27. The molecule has 1 aromatic rings. The number of rotatable bonds is 2. The Balaban J connectivity index is 1.76. The molecule has 1 fully saturated rings. The number of carbonyl (C=O) groups excluding carboxylic acids is 1. The average molecular weight is 226 g/mol. The molecule has 0 N–H and O–H groups in total. The quantitative estimate of drug-likeness (QED) is 0.776. The molecule has 0 saturated carbocycles. The lowest BCUT2D eigenvalue weighted by Gasteiger charge is -2.25. The van der Waals surface area contributed by atoms with Gasteiger partial charge in [0.1, 0.15) is 6.61 Å². The summed E-state index contributed by atoms with van der Waals surface area (Å²) in [5.74, 6) is 0. The second kappa shape index (κ2) is 5.11. The monoisotopic (exact) mass is 226 g/mol. The number of ether oxygens (including phenoxy) is 1. The molecular formula is C10H14N2O2S. The van der Waals surface area contributed by atoms with Crippen LogP contribution < -0.4 is 0 Å². The minimum atomic E-state index is -0.206. The number of thiazole rings is 1. The summed E-state index contributed by atoms with van der Waals surface area (Å²) in [4.78, 5) is 17.4. The van der Waals surface area contributed by atoms with E-state index >= 15 is 0 Å². The van der Waals surface area contributed by atoms with Crippen LogP contribution in [0.25, 0.3) is 0 Å². The Morgan fingerprint density at radius 2 is 2.27 bits per heavy atom. The van der Waals surface area contributed by atoms with Gasteiger partial charge in [-0.15, -0.1) is 11.3 Å². The summed E-state index contributed by atoms with van der Waals surface area (Å²) in [6, 6.07) is 0. The van der Waals surface area contributed by atoms with Crippen LogP contribution in [-0.4, -0.2) is 29.1 Å². The van der Waals surface area contributed by atoms with Gasteiger partial charge in [-0.1, -0.05) is 0 Å². The van der Waals surface area contributed by atoms with Crippen molar-refractivity contribution in [1.29, 1.82) is 0 Å². The topological polar surface area (TPSA) is 42.4 Å². The lowest BCUT2D eigenvalue weighted by molar-refractivity contribution is 0.0886. The van der Waals surface area contributed by atoms with E-state index in [9.17, 15) is 4.79 Å². The lowest BCUT2D eigenvalue weighted by Crippen LogP contribution is -2.35. The first-order valence-corrected chi connectivity index (χ1v) is 6.09. The second-order valence-electron chi connectivity index (χ2n) is 3.58. The fourth-order valence-corrected chi connectivity index (χ4v) is 2.16. The Labute approximate surface area is 92.9 Å². The van der Waals surface area contributed by atoms with E-state index in [0.717, 1.165) is 31.6 Å². The maximum absolute atomic E-state index is 11.6. The number of hydrogen-bond donors (Lipinski definition) is 0. The molecule has 82 valence electrons. The van der Waals surface area contributed by atoms with E-state index in [0.29, 0.717) is 6.61 Å². The van der Waals surface area contributed by atoms with Crippen molar-refractivity contribution in [1.82, 2.24) is 9.88 Å². The van der Waals surface area contributed by atoms with E-state index < -0.39 is 0 Å². The van der Waals surface area contributed by atoms with Crippen molar-refractivity contribution in [2.24, 2.45) is 0 Å². The Morgan fingerprint density at radius 1 is 1.47 bits per heavy atom. The van der Waals surface area contributed by atoms with E-state index in [-0.39, 0.29) is 6.09 Å². The minimum absolute atomic E-state index is 0.206. The number of carbonyl (C=O) groups is 1. The van der Waals surface area contributed by atoms with Gasteiger partial charge in [0.15, 0.2) is 0 Å². The molecule has 2 rings (SSSR count). The fraction of sp³-hybridized carbons (Fsp3) is 0.600. The summed E-state index contributed by atoms with van der Waals surface area (Å²) in [7, 11) is 0. The van der Waals surface area contributed by atoms with E-state index in [1.807, 2.05) is 5.38 Å². The van der Waals surface area contributed by atoms with E-state index in [4.69, 9.17) is 4.74 Å². The minimum Gasteiger partial charge on any atom is -0.443 e. The molecule has 0 bridgehead atoms. The van der Waals surface area contributed by atoms with Crippen LogP contribution in [0.5, 0.6) is 0 Å².